The van der Waals surface area contributed by atoms with Crippen molar-refractivity contribution in [3.05, 3.63) is 182 Å². The van der Waals surface area contributed by atoms with Crippen LogP contribution in [-0.4, -0.2) is 19.5 Å². The first-order valence-electron chi connectivity index (χ1n) is 19.0. The van der Waals surface area contributed by atoms with Crippen molar-refractivity contribution in [1.82, 2.24) is 19.5 Å². The van der Waals surface area contributed by atoms with Gasteiger partial charge in [0.25, 0.3) is 0 Å². The SMILES string of the molecule is c1ccc(-c2cc(-c3nc(-c4ccccc4)nc(-c4ccccc4)n3)c3c(c2)oc2c(-n4c5ccccc5c5ccc6c7ccccc7oc6c54)cccc23)cc1. The smallest absolute Gasteiger partial charge is 0.164 e. The summed E-state index contributed by atoms with van der Waals surface area (Å²) in [5, 5.41) is 6.32. The molecule has 4 heterocycles. The van der Waals surface area contributed by atoms with Crippen LogP contribution in [0, 0.1) is 0 Å². The highest BCUT2D eigenvalue weighted by molar-refractivity contribution is 6.22. The van der Waals surface area contributed by atoms with Crippen molar-refractivity contribution in [2.45, 2.75) is 0 Å². The van der Waals surface area contributed by atoms with E-state index in [1.165, 1.54) is 0 Å². The fraction of sp³-hybridized carbons (Fsp3) is 0. The Balaban J connectivity index is 1.19. The van der Waals surface area contributed by atoms with Crippen LogP contribution < -0.4 is 0 Å². The minimum absolute atomic E-state index is 0.569. The Morgan fingerprint density at radius 3 is 1.68 bits per heavy atom. The molecule has 0 bridgehead atoms. The largest absolute Gasteiger partial charge is 0.454 e. The number of hydrogen-bond acceptors (Lipinski definition) is 5. The number of aromatic nitrogens is 4. The zero-order valence-electron chi connectivity index (χ0n) is 30.4. The molecule has 57 heavy (non-hydrogen) atoms. The molecule has 0 aliphatic heterocycles. The zero-order chi connectivity index (χ0) is 37.5. The number of para-hydroxylation sites is 3. The van der Waals surface area contributed by atoms with Crippen molar-refractivity contribution in [3.8, 4) is 51.0 Å². The molecule has 4 aromatic heterocycles. The molecule has 0 radical (unpaired) electrons. The number of hydrogen-bond donors (Lipinski definition) is 0. The molecule has 0 aliphatic carbocycles. The maximum atomic E-state index is 7.11. The molecule has 6 nitrogen and oxygen atoms in total. The predicted molar refractivity (Wildman–Crippen MR) is 230 cm³/mol. The summed E-state index contributed by atoms with van der Waals surface area (Å²) in [6, 6.07) is 62.5. The van der Waals surface area contributed by atoms with E-state index in [9.17, 15) is 0 Å². The lowest BCUT2D eigenvalue weighted by Crippen LogP contribution is -2.00. The van der Waals surface area contributed by atoms with Crippen molar-refractivity contribution < 1.29 is 8.83 Å². The highest BCUT2D eigenvalue weighted by Gasteiger charge is 2.24. The van der Waals surface area contributed by atoms with Gasteiger partial charge in [-0.3, -0.25) is 0 Å². The number of rotatable bonds is 5. The second-order valence-electron chi connectivity index (χ2n) is 14.3. The van der Waals surface area contributed by atoms with E-state index >= 15 is 0 Å². The van der Waals surface area contributed by atoms with E-state index < -0.39 is 0 Å². The van der Waals surface area contributed by atoms with Crippen molar-refractivity contribution in [2.24, 2.45) is 0 Å². The summed E-state index contributed by atoms with van der Waals surface area (Å²) in [5.74, 6) is 1.78. The fourth-order valence-corrected chi connectivity index (χ4v) is 8.47. The summed E-state index contributed by atoms with van der Waals surface area (Å²) in [6.07, 6.45) is 0. The molecule has 0 aliphatic rings. The van der Waals surface area contributed by atoms with Gasteiger partial charge in [-0.1, -0.05) is 146 Å². The van der Waals surface area contributed by atoms with Gasteiger partial charge in [-0.15, -0.1) is 0 Å². The molecule has 0 saturated carbocycles. The van der Waals surface area contributed by atoms with Crippen LogP contribution >= 0.6 is 0 Å². The van der Waals surface area contributed by atoms with Gasteiger partial charge in [0.1, 0.15) is 11.2 Å². The third-order valence-corrected chi connectivity index (χ3v) is 11.0. The highest BCUT2D eigenvalue weighted by atomic mass is 16.3. The molecule has 0 saturated heterocycles. The monoisotopic (exact) mass is 730 g/mol. The summed E-state index contributed by atoms with van der Waals surface area (Å²) >= 11 is 0. The highest BCUT2D eigenvalue weighted by Crippen LogP contribution is 2.45. The number of furan rings is 2. The lowest BCUT2D eigenvalue weighted by Gasteiger charge is -2.11. The molecule has 8 aromatic carbocycles. The molecule has 0 atom stereocenters. The summed E-state index contributed by atoms with van der Waals surface area (Å²) in [7, 11) is 0. The second kappa shape index (κ2) is 12.3. The Bertz CT molecular complexity index is 3450. The number of nitrogens with zero attached hydrogens (tertiary/aromatic N) is 4. The van der Waals surface area contributed by atoms with Crippen molar-refractivity contribution in [3.63, 3.8) is 0 Å². The van der Waals surface area contributed by atoms with E-state index in [1.54, 1.807) is 0 Å². The van der Waals surface area contributed by atoms with Crippen molar-refractivity contribution >= 4 is 65.7 Å². The van der Waals surface area contributed by atoms with Gasteiger partial charge in [0, 0.05) is 49.0 Å². The van der Waals surface area contributed by atoms with Gasteiger partial charge in [-0.2, -0.15) is 0 Å². The topological polar surface area (TPSA) is 69.9 Å². The molecule has 12 rings (SSSR count). The van der Waals surface area contributed by atoms with E-state index in [0.29, 0.717) is 17.5 Å². The molecule has 0 spiro atoms. The molecule has 12 aromatic rings. The normalized spacial score (nSPS) is 11.9. The standard InChI is InChI=1S/C51H30N4O2/c1-4-15-31(16-5-1)34-29-40(51-53-49(32-17-6-2-7-18-32)52-50(54-51)33-19-8-3-9-20-33)45-39-23-14-25-42(47(39)57-44(45)30-34)55-41-24-12-10-21-35(41)37-27-28-38-36-22-11-13-26-43(36)56-48(38)46(37)55/h1-30H. The molecular formula is C51H30N4O2. The van der Waals surface area contributed by atoms with Crippen LogP contribution in [0.1, 0.15) is 0 Å². The molecular weight excluding hydrogens is 701 g/mol. The van der Waals surface area contributed by atoms with E-state index in [2.05, 4.69) is 108 Å². The third kappa shape index (κ3) is 4.87. The van der Waals surface area contributed by atoms with Gasteiger partial charge in [-0.05, 0) is 47.5 Å². The van der Waals surface area contributed by atoms with Crippen LogP contribution in [0.15, 0.2) is 191 Å². The van der Waals surface area contributed by atoms with Gasteiger partial charge in [0.2, 0.25) is 0 Å². The average molecular weight is 731 g/mol. The Hall–Kier alpha value is -7.83. The summed E-state index contributed by atoms with van der Waals surface area (Å²) < 4.78 is 16.1. The maximum Gasteiger partial charge on any atom is 0.164 e. The molecule has 0 N–H and O–H groups in total. The molecule has 266 valence electrons. The number of benzene rings is 8. The lowest BCUT2D eigenvalue weighted by molar-refractivity contribution is 0.665. The van der Waals surface area contributed by atoms with Gasteiger partial charge in [0.05, 0.1) is 16.7 Å². The van der Waals surface area contributed by atoms with E-state index in [-0.39, 0.29) is 0 Å². The molecule has 0 amide bonds. The van der Waals surface area contributed by atoms with Crippen LogP contribution in [0.5, 0.6) is 0 Å². The summed E-state index contributed by atoms with van der Waals surface area (Å²) in [4.78, 5) is 15.4. The van der Waals surface area contributed by atoms with E-state index in [4.69, 9.17) is 23.8 Å². The first-order valence-corrected chi connectivity index (χ1v) is 19.0. The lowest BCUT2D eigenvalue weighted by atomic mass is 9.98. The van der Waals surface area contributed by atoms with Gasteiger partial charge in [0.15, 0.2) is 28.6 Å². The average Bonchev–Trinajstić information content (AvgIpc) is 3.97. The van der Waals surface area contributed by atoms with Gasteiger partial charge in [-0.25, -0.2) is 15.0 Å². The van der Waals surface area contributed by atoms with E-state index in [1.807, 2.05) is 78.9 Å². The zero-order valence-corrected chi connectivity index (χ0v) is 30.4. The molecule has 6 heteroatoms. The van der Waals surface area contributed by atoms with Crippen LogP contribution in [0.4, 0.5) is 0 Å². The minimum atomic E-state index is 0.569. The molecule has 0 fully saturated rings. The van der Waals surface area contributed by atoms with Crippen molar-refractivity contribution in [1.29, 1.82) is 0 Å². The Morgan fingerprint density at radius 1 is 0.368 bits per heavy atom. The number of fused-ring (bicyclic) bond motifs is 10. The second-order valence-corrected chi connectivity index (χ2v) is 14.3. The maximum absolute atomic E-state index is 7.11. The van der Waals surface area contributed by atoms with Crippen LogP contribution in [0.25, 0.3) is 117 Å². The summed E-state index contributed by atoms with van der Waals surface area (Å²) in [5.41, 5.74) is 10.9. The van der Waals surface area contributed by atoms with Crippen LogP contribution in [0.3, 0.4) is 0 Å². The summed E-state index contributed by atoms with van der Waals surface area (Å²) in [6.45, 7) is 0. The fourth-order valence-electron chi connectivity index (χ4n) is 8.47. The van der Waals surface area contributed by atoms with E-state index in [0.717, 1.165) is 99.2 Å². The van der Waals surface area contributed by atoms with Gasteiger partial charge < -0.3 is 13.4 Å². The Morgan fingerprint density at radius 2 is 0.947 bits per heavy atom. The first-order chi connectivity index (χ1) is 28.3. The minimum Gasteiger partial charge on any atom is -0.454 e. The Labute approximate surface area is 325 Å². The first kappa shape index (κ1) is 31.5. The third-order valence-electron chi connectivity index (χ3n) is 11.0. The quantitative estimate of drug-likeness (QED) is 0.176. The molecule has 0 unspecified atom stereocenters. The van der Waals surface area contributed by atoms with Gasteiger partial charge >= 0.3 is 0 Å². The van der Waals surface area contributed by atoms with Crippen LogP contribution in [0.2, 0.25) is 0 Å². The van der Waals surface area contributed by atoms with Crippen molar-refractivity contribution in [2.75, 3.05) is 0 Å². The van der Waals surface area contributed by atoms with Crippen LogP contribution in [-0.2, 0) is 0 Å². The Kier molecular flexibility index (Phi) is 6.83. The predicted octanol–water partition coefficient (Wildman–Crippen LogP) is 13.4.